The van der Waals surface area contributed by atoms with E-state index >= 15 is 0 Å². The van der Waals surface area contributed by atoms with Crippen LogP contribution < -0.4 is 0 Å². The summed E-state index contributed by atoms with van der Waals surface area (Å²) >= 11 is 0. The molecule has 0 aliphatic heterocycles. The minimum atomic E-state index is 0.0833. The van der Waals surface area contributed by atoms with Crippen molar-refractivity contribution in [1.29, 1.82) is 0 Å². The highest BCUT2D eigenvalue weighted by Gasteiger charge is 2.26. The Hall–Kier alpha value is 0.434. The minimum absolute atomic E-state index is 0.0833. The summed E-state index contributed by atoms with van der Waals surface area (Å²) in [6, 6.07) is 0. The molecule has 0 aromatic rings. The summed E-state index contributed by atoms with van der Waals surface area (Å²) < 4.78 is 0.0833. The van der Waals surface area contributed by atoms with E-state index in [0.29, 0.717) is 0 Å². The number of hydrogen-bond acceptors (Lipinski definition) is 0. The third-order valence-corrected chi connectivity index (χ3v) is 1.70. The van der Waals surface area contributed by atoms with Gasteiger partial charge in [0.2, 0.25) is 0 Å². The number of hydrogen-bond donors (Lipinski definition) is 0. The molecule has 0 bridgehead atoms. The Kier molecular flexibility index (Phi) is 0.918. The summed E-state index contributed by atoms with van der Waals surface area (Å²) in [5.41, 5.74) is 0. The molecule has 0 heterocycles. The Bertz CT molecular complexity index is 52.6. The molecule has 0 N–H and O–H groups in total. The normalized spacial score (nSPS) is 29.0. The second-order valence-corrected chi connectivity index (χ2v) is 3.67. The van der Waals surface area contributed by atoms with Crippen molar-refractivity contribution in [3.63, 3.8) is 0 Å². The molecule has 0 atom stereocenters. The van der Waals surface area contributed by atoms with E-state index in [4.69, 9.17) is 0 Å². The Morgan fingerprint density at radius 1 is 1.33 bits per heavy atom. The summed E-state index contributed by atoms with van der Waals surface area (Å²) in [5, 5.41) is 0. The Labute approximate surface area is 45.2 Å². The average molecular weight is 108 g/mol. The van der Waals surface area contributed by atoms with Gasteiger partial charge in [-0.25, -0.2) is 0 Å². The Morgan fingerprint density at radius 2 is 1.67 bits per heavy atom. The highest BCUT2D eigenvalue weighted by Crippen LogP contribution is 2.38. The summed E-state index contributed by atoms with van der Waals surface area (Å²) in [7, 11) is 6.82. The molecular weight excluding hydrogens is 104 g/mol. The smallest absolute Gasteiger partial charge is 0.0270 e. The van der Waals surface area contributed by atoms with Gasteiger partial charge >= 0.3 is 0 Å². The van der Waals surface area contributed by atoms with Crippen molar-refractivity contribution >= 4 is 20.5 Å². The molecule has 2 heteroatoms. The largest absolute Gasteiger partial charge is 0.0472 e. The predicted octanol–water partition coefficient (Wildman–Crippen LogP) is 0.252. The van der Waals surface area contributed by atoms with Crippen LogP contribution in [0.2, 0.25) is 4.66 Å². The van der Waals surface area contributed by atoms with Crippen molar-refractivity contribution in [2.24, 2.45) is 0 Å². The van der Waals surface area contributed by atoms with Crippen molar-refractivity contribution in [1.82, 2.24) is 0 Å². The molecule has 0 aromatic carbocycles. The number of rotatable bonds is 0. The summed E-state index contributed by atoms with van der Waals surface area (Å²) in [4.78, 5) is 0. The molecule has 0 amide bonds. The standard InChI is InChI=1S/C4H4Si2/c5-4(6)2-1-3-4/h2-3H,1H2. The molecule has 1 saturated carbocycles. The van der Waals surface area contributed by atoms with Crippen LogP contribution in [0.4, 0.5) is 0 Å². The summed E-state index contributed by atoms with van der Waals surface area (Å²) in [6.45, 7) is 0. The molecule has 28 valence electrons. The van der Waals surface area contributed by atoms with Crippen molar-refractivity contribution in [2.45, 2.75) is 11.1 Å². The van der Waals surface area contributed by atoms with Crippen LogP contribution in [0.5, 0.6) is 0 Å². The lowest BCUT2D eigenvalue weighted by molar-refractivity contribution is 0.773. The molecule has 6 heavy (non-hydrogen) atoms. The first kappa shape index (κ1) is 4.59. The van der Waals surface area contributed by atoms with Gasteiger partial charge in [-0.15, -0.1) is 0 Å². The first-order chi connectivity index (χ1) is 2.71. The Morgan fingerprint density at radius 3 is 1.67 bits per heavy atom. The highest BCUT2D eigenvalue weighted by atomic mass is 28.2. The maximum atomic E-state index is 3.41. The SMILES string of the molecule is [Si]C1([Si])[CH]C[CH]1. The van der Waals surface area contributed by atoms with E-state index in [9.17, 15) is 0 Å². The van der Waals surface area contributed by atoms with Crippen LogP contribution in [0.1, 0.15) is 6.42 Å². The summed E-state index contributed by atoms with van der Waals surface area (Å²) in [5.74, 6) is 0. The van der Waals surface area contributed by atoms with Gasteiger partial charge in [0.05, 0.1) is 0 Å². The monoisotopic (exact) mass is 108 g/mol. The molecule has 1 aliphatic rings. The van der Waals surface area contributed by atoms with Crippen LogP contribution in [0, 0.1) is 12.8 Å². The van der Waals surface area contributed by atoms with E-state index in [0.717, 1.165) is 6.42 Å². The lowest BCUT2D eigenvalue weighted by Crippen LogP contribution is -2.23. The zero-order valence-electron chi connectivity index (χ0n) is 3.36. The first-order valence-corrected chi connectivity index (χ1v) is 2.89. The van der Waals surface area contributed by atoms with Gasteiger partial charge in [0.25, 0.3) is 0 Å². The molecule has 0 spiro atoms. The van der Waals surface area contributed by atoms with Gasteiger partial charge in [-0.1, -0.05) is 0 Å². The van der Waals surface area contributed by atoms with Gasteiger partial charge in [-0.05, 0) is 23.9 Å². The molecule has 0 aromatic heterocycles. The van der Waals surface area contributed by atoms with Crippen LogP contribution in [0.3, 0.4) is 0 Å². The van der Waals surface area contributed by atoms with Crippen LogP contribution >= 0.6 is 0 Å². The molecule has 1 rings (SSSR count). The fraction of sp³-hybridized carbons (Fsp3) is 0.500. The molecule has 8 radical (unpaired) electrons. The van der Waals surface area contributed by atoms with Gasteiger partial charge < -0.3 is 0 Å². The van der Waals surface area contributed by atoms with Gasteiger partial charge in [0.1, 0.15) is 0 Å². The molecule has 0 nitrogen and oxygen atoms in total. The van der Waals surface area contributed by atoms with E-state index in [1.165, 1.54) is 0 Å². The minimum Gasteiger partial charge on any atom is -0.0472 e. The van der Waals surface area contributed by atoms with E-state index in [2.05, 4.69) is 33.3 Å². The molecule has 0 unspecified atom stereocenters. The zero-order valence-corrected chi connectivity index (χ0v) is 5.36. The lowest BCUT2D eigenvalue weighted by Gasteiger charge is -2.32. The topological polar surface area (TPSA) is 0 Å². The van der Waals surface area contributed by atoms with Gasteiger partial charge in [-0.3, -0.25) is 0 Å². The second-order valence-electron chi connectivity index (χ2n) is 1.51. The quantitative estimate of drug-likeness (QED) is 0.390. The molecular formula is C4H4Si2. The average Bonchev–Trinajstić information content (AvgIpc) is 1.32. The van der Waals surface area contributed by atoms with Crippen molar-refractivity contribution < 1.29 is 0 Å². The van der Waals surface area contributed by atoms with Crippen LogP contribution in [0.15, 0.2) is 0 Å². The van der Waals surface area contributed by atoms with Crippen molar-refractivity contribution in [3.05, 3.63) is 12.8 Å². The van der Waals surface area contributed by atoms with Gasteiger partial charge in [0, 0.05) is 20.5 Å². The maximum absolute atomic E-state index is 3.41. The van der Waals surface area contributed by atoms with Crippen molar-refractivity contribution in [2.75, 3.05) is 0 Å². The maximum Gasteiger partial charge on any atom is 0.0270 e. The van der Waals surface area contributed by atoms with Crippen LogP contribution in [-0.2, 0) is 0 Å². The second kappa shape index (κ2) is 1.20. The van der Waals surface area contributed by atoms with Crippen LogP contribution in [0.25, 0.3) is 0 Å². The highest BCUT2D eigenvalue weighted by molar-refractivity contribution is 6.43. The zero-order chi connectivity index (χ0) is 4.62. The molecule has 1 fully saturated rings. The predicted molar refractivity (Wildman–Crippen MR) is 27.4 cm³/mol. The molecule has 0 saturated heterocycles. The van der Waals surface area contributed by atoms with E-state index < -0.39 is 0 Å². The fourth-order valence-electron chi connectivity index (χ4n) is 0.354. The van der Waals surface area contributed by atoms with Gasteiger partial charge in [0.15, 0.2) is 0 Å². The van der Waals surface area contributed by atoms with E-state index in [1.807, 2.05) is 0 Å². The van der Waals surface area contributed by atoms with Crippen LogP contribution in [-0.4, -0.2) is 20.5 Å². The van der Waals surface area contributed by atoms with Crippen molar-refractivity contribution in [3.8, 4) is 0 Å². The third-order valence-electron chi connectivity index (χ3n) is 0.880. The fourth-order valence-corrected chi connectivity index (χ4v) is 0.825. The third kappa shape index (κ3) is 0.735. The molecule has 1 aliphatic carbocycles. The van der Waals surface area contributed by atoms with E-state index in [1.54, 1.807) is 0 Å². The Balaban J connectivity index is 2.31. The summed E-state index contributed by atoms with van der Waals surface area (Å²) in [6.07, 6.45) is 5.40. The lowest BCUT2D eigenvalue weighted by atomic mass is 9.98. The van der Waals surface area contributed by atoms with Gasteiger partial charge in [-0.2, -0.15) is 0 Å². The first-order valence-electron chi connectivity index (χ1n) is 1.89. The van der Waals surface area contributed by atoms with E-state index in [-0.39, 0.29) is 4.66 Å².